The summed E-state index contributed by atoms with van der Waals surface area (Å²) in [6.07, 6.45) is 5.35. The molecule has 0 aliphatic carbocycles. The van der Waals surface area contributed by atoms with E-state index in [1.54, 1.807) is 12.4 Å². The number of amides is 1. The Bertz CT molecular complexity index is 450. The largest absolute Gasteiger partial charge is 0.384 e. The van der Waals surface area contributed by atoms with E-state index in [1.165, 1.54) is 0 Å². The maximum absolute atomic E-state index is 12.7. The average molecular weight is 277 g/mol. The standard InChI is InChI=1S/C15H23N3O2/c1-3-6-17-14-5-7-16-10-13(14)15(19)18-8-4-9-20-12(2)11-18/h5,7,10,12H,3-4,6,8-9,11H2,1-2H3,(H,16,17). The SMILES string of the molecule is CCCNc1ccncc1C(=O)N1CCCOC(C)C1. The zero-order valence-electron chi connectivity index (χ0n) is 12.3. The first-order valence-corrected chi connectivity index (χ1v) is 7.31. The second kappa shape index (κ2) is 7.24. The van der Waals surface area contributed by atoms with E-state index in [-0.39, 0.29) is 12.0 Å². The van der Waals surface area contributed by atoms with Gasteiger partial charge in [-0.05, 0) is 25.8 Å². The van der Waals surface area contributed by atoms with Crippen LogP contribution in [0.2, 0.25) is 0 Å². The third-order valence-electron chi connectivity index (χ3n) is 3.36. The van der Waals surface area contributed by atoms with Gasteiger partial charge in [-0.2, -0.15) is 0 Å². The van der Waals surface area contributed by atoms with Gasteiger partial charge in [0.05, 0.1) is 17.4 Å². The van der Waals surface area contributed by atoms with E-state index in [1.807, 2.05) is 17.9 Å². The van der Waals surface area contributed by atoms with Crippen molar-refractivity contribution < 1.29 is 9.53 Å². The number of carbonyl (C=O) groups excluding carboxylic acids is 1. The molecule has 1 amide bonds. The molecule has 1 saturated heterocycles. The molecule has 0 spiro atoms. The van der Waals surface area contributed by atoms with Gasteiger partial charge in [0.1, 0.15) is 0 Å². The van der Waals surface area contributed by atoms with Crippen molar-refractivity contribution in [2.75, 3.05) is 31.6 Å². The van der Waals surface area contributed by atoms with Crippen molar-refractivity contribution in [3.8, 4) is 0 Å². The van der Waals surface area contributed by atoms with Crippen LogP contribution in [-0.4, -0.2) is 48.1 Å². The van der Waals surface area contributed by atoms with E-state index in [0.717, 1.165) is 38.2 Å². The fourth-order valence-corrected chi connectivity index (χ4v) is 2.33. The van der Waals surface area contributed by atoms with E-state index < -0.39 is 0 Å². The molecule has 1 atom stereocenters. The number of hydrogen-bond acceptors (Lipinski definition) is 4. The molecule has 1 aliphatic rings. The lowest BCUT2D eigenvalue weighted by molar-refractivity contribution is 0.0563. The summed E-state index contributed by atoms with van der Waals surface area (Å²) >= 11 is 0. The highest BCUT2D eigenvalue weighted by molar-refractivity contribution is 5.99. The number of nitrogens with zero attached hydrogens (tertiary/aromatic N) is 2. The Hall–Kier alpha value is -1.62. The van der Waals surface area contributed by atoms with E-state index in [0.29, 0.717) is 12.1 Å². The molecule has 0 aromatic carbocycles. The summed E-state index contributed by atoms with van der Waals surface area (Å²) in [5, 5.41) is 3.29. The second-order valence-corrected chi connectivity index (χ2v) is 5.13. The van der Waals surface area contributed by atoms with Crippen molar-refractivity contribution in [3.63, 3.8) is 0 Å². The molecule has 2 heterocycles. The number of carbonyl (C=O) groups is 1. The van der Waals surface area contributed by atoms with Gasteiger partial charge < -0.3 is 15.0 Å². The predicted molar refractivity (Wildman–Crippen MR) is 79.0 cm³/mol. The molecule has 1 fully saturated rings. The Labute approximate surface area is 120 Å². The maximum Gasteiger partial charge on any atom is 0.257 e. The molecule has 1 aliphatic heterocycles. The van der Waals surface area contributed by atoms with Crippen LogP contribution in [0.1, 0.15) is 37.0 Å². The van der Waals surface area contributed by atoms with Crippen LogP contribution in [0.4, 0.5) is 5.69 Å². The third kappa shape index (κ3) is 3.70. The van der Waals surface area contributed by atoms with Crippen LogP contribution in [0.25, 0.3) is 0 Å². The number of pyridine rings is 1. The number of ether oxygens (including phenoxy) is 1. The first kappa shape index (κ1) is 14.8. The van der Waals surface area contributed by atoms with Crippen LogP contribution in [0.15, 0.2) is 18.5 Å². The van der Waals surface area contributed by atoms with Gasteiger partial charge in [0, 0.05) is 38.6 Å². The summed E-state index contributed by atoms with van der Waals surface area (Å²) in [5.41, 5.74) is 1.51. The van der Waals surface area contributed by atoms with Crippen LogP contribution < -0.4 is 5.32 Å². The number of nitrogens with one attached hydrogen (secondary N) is 1. The quantitative estimate of drug-likeness (QED) is 0.916. The Morgan fingerprint density at radius 1 is 1.60 bits per heavy atom. The van der Waals surface area contributed by atoms with Crippen LogP contribution in [0.5, 0.6) is 0 Å². The highest BCUT2D eigenvalue weighted by Crippen LogP contribution is 2.18. The fraction of sp³-hybridized carbons (Fsp3) is 0.600. The average Bonchev–Trinajstić information content (AvgIpc) is 2.69. The lowest BCUT2D eigenvalue weighted by atomic mass is 10.2. The minimum absolute atomic E-state index is 0.0362. The van der Waals surface area contributed by atoms with Gasteiger partial charge in [0.15, 0.2) is 0 Å². The maximum atomic E-state index is 12.7. The summed E-state index contributed by atoms with van der Waals surface area (Å²) in [7, 11) is 0. The monoisotopic (exact) mass is 277 g/mol. The molecule has 1 N–H and O–H groups in total. The zero-order chi connectivity index (χ0) is 14.4. The normalized spacial score (nSPS) is 19.5. The minimum Gasteiger partial charge on any atom is -0.384 e. The number of aromatic nitrogens is 1. The number of anilines is 1. The van der Waals surface area contributed by atoms with Gasteiger partial charge in [-0.3, -0.25) is 9.78 Å². The molecule has 0 bridgehead atoms. The second-order valence-electron chi connectivity index (χ2n) is 5.13. The Balaban J connectivity index is 2.15. The molecule has 0 saturated carbocycles. The zero-order valence-corrected chi connectivity index (χ0v) is 12.3. The number of hydrogen-bond donors (Lipinski definition) is 1. The molecule has 0 radical (unpaired) electrons. The van der Waals surface area contributed by atoms with Crippen molar-refractivity contribution >= 4 is 11.6 Å². The molecular weight excluding hydrogens is 254 g/mol. The van der Waals surface area contributed by atoms with Crippen molar-refractivity contribution in [1.29, 1.82) is 0 Å². The highest BCUT2D eigenvalue weighted by Gasteiger charge is 2.23. The molecule has 1 unspecified atom stereocenters. The van der Waals surface area contributed by atoms with Gasteiger partial charge in [-0.25, -0.2) is 0 Å². The predicted octanol–water partition coefficient (Wildman–Crippen LogP) is 2.15. The molecule has 20 heavy (non-hydrogen) atoms. The van der Waals surface area contributed by atoms with Gasteiger partial charge in [0.25, 0.3) is 5.91 Å². The smallest absolute Gasteiger partial charge is 0.257 e. The molecule has 2 rings (SSSR count). The molecule has 5 nitrogen and oxygen atoms in total. The minimum atomic E-state index is 0.0362. The topological polar surface area (TPSA) is 54.5 Å². The van der Waals surface area contributed by atoms with Gasteiger partial charge >= 0.3 is 0 Å². The van der Waals surface area contributed by atoms with Gasteiger partial charge in [-0.1, -0.05) is 6.92 Å². The summed E-state index contributed by atoms with van der Waals surface area (Å²) in [4.78, 5) is 18.6. The first-order chi connectivity index (χ1) is 9.72. The lowest BCUT2D eigenvalue weighted by Gasteiger charge is -2.23. The molecule has 5 heteroatoms. The molecular formula is C15H23N3O2. The van der Waals surface area contributed by atoms with Gasteiger partial charge in [0.2, 0.25) is 0 Å². The summed E-state index contributed by atoms with van der Waals surface area (Å²) in [6, 6.07) is 1.86. The first-order valence-electron chi connectivity index (χ1n) is 7.31. The van der Waals surface area contributed by atoms with Crippen LogP contribution in [0.3, 0.4) is 0 Å². The van der Waals surface area contributed by atoms with Gasteiger partial charge in [-0.15, -0.1) is 0 Å². The van der Waals surface area contributed by atoms with E-state index >= 15 is 0 Å². The van der Waals surface area contributed by atoms with Crippen molar-refractivity contribution in [3.05, 3.63) is 24.0 Å². The Morgan fingerprint density at radius 3 is 3.25 bits per heavy atom. The van der Waals surface area contributed by atoms with E-state index in [9.17, 15) is 4.79 Å². The van der Waals surface area contributed by atoms with Crippen LogP contribution in [0, 0.1) is 0 Å². The Kier molecular flexibility index (Phi) is 5.35. The summed E-state index contributed by atoms with van der Waals surface area (Å²) in [6.45, 7) is 7.06. The summed E-state index contributed by atoms with van der Waals surface area (Å²) < 4.78 is 5.59. The lowest BCUT2D eigenvalue weighted by Crippen LogP contribution is -2.36. The summed E-state index contributed by atoms with van der Waals surface area (Å²) in [5.74, 6) is 0.0362. The van der Waals surface area contributed by atoms with Crippen molar-refractivity contribution in [2.24, 2.45) is 0 Å². The number of rotatable bonds is 4. The van der Waals surface area contributed by atoms with Crippen molar-refractivity contribution in [2.45, 2.75) is 32.8 Å². The Morgan fingerprint density at radius 2 is 2.45 bits per heavy atom. The van der Waals surface area contributed by atoms with E-state index in [4.69, 9.17) is 4.74 Å². The van der Waals surface area contributed by atoms with Crippen LogP contribution in [-0.2, 0) is 4.74 Å². The molecule has 110 valence electrons. The molecule has 1 aromatic rings. The highest BCUT2D eigenvalue weighted by atomic mass is 16.5. The van der Waals surface area contributed by atoms with Crippen molar-refractivity contribution in [1.82, 2.24) is 9.88 Å². The fourth-order valence-electron chi connectivity index (χ4n) is 2.33. The molecule has 1 aromatic heterocycles. The third-order valence-corrected chi connectivity index (χ3v) is 3.36. The van der Waals surface area contributed by atoms with E-state index in [2.05, 4.69) is 17.2 Å². The van der Waals surface area contributed by atoms with Crippen LogP contribution >= 0.6 is 0 Å².